The van der Waals surface area contributed by atoms with E-state index in [9.17, 15) is 9.90 Å². The molecule has 0 bridgehead atoms. The lowest BCUT2D eigenvalue weighted by molar-refractivity contribution is 0.0696. The lowest BCUT2D eigenvalue weighted by Crippen LogP contribution is -1.95. The van der Waals surface area contributed by atoms with Gasteiger partial charge in [-0.05, 0) is 40.6 Å². The van der Waals surface area contributed by atoms with Gasteiger partial charge in [-0.15, -0.1) is 0 Å². The van der Waals surface area contributed by atoms with Gasteiger partial charge in [0.15, 0.2) is 0 Å². The SMILES string of the molecule is O=C(O)c1ccc(-c2ccc3ccccc3c2)c(O)c1. The van der Waals surface area contributed by atoms with Crippen LogP contribution in [0, 0.1) is 0 Å². The minimum Gasteiger partial charge on any atom is -0.507 e. The fourth-order valence-corrected chi connectivity index (χ4v) is 2.27. The number of rotatable bonds is 2. The Balaban J connectivity index is 2.13. The summed E-state index contributed by atoms with van der Waals surface area (Å²) >= 11 is 0. The zero-order chi connectivity index (χ0) is 14.1. The van der Waals surface area contributed by atoms with Gasteiger partial charge in [-0.1, -0.05) is 36.4 Å². The Labute approximate surface area is 115 Å². The molecule has 0 saturated heterocycles. The molecule has 0 heterocycles. The number of carboxylic acid groups (broad SMARTS) is 1. The van der Waals surface area contributed by atoms with E-state index in [1.807, 2.05) is 42.5 Å². The third-order valence-corrected chi connectivity index (χ3v) is 3.31. The van der Waals surface area contributed by atoms with E-state index in [1.165, 1.54) is 12.1 Å². The summed E-state index contributed by atoms with van der Waals surface area (Å²) in [6.45, 7) is 0. The van der Waals surface area contributed by atoms with Crippen LogP contribution in [-0.2, 0) is 0 Å². The highest BCUT2D eigenvalue weighted by Crippen LogP contribution is 2.32. The van der Waals surface area contributed by atoms with Gasteiger partial charge in [0.25, 0.3) is 0 Å². The van der Waals surface area contributed by atoms with Gasteiger partial charge in [-0.2, -0.15) is 0 Å². The molecule has 98 valence electrons. The summed E-state index contributed by atoms with van der Waals surface area (Å²) in [5, 5.41) is 21.1. The molecule has 3 rings (SSSR count). The van der Waals surface area contributed by atoms with Crippen molar-refractivity contribution >= 4 is 16.7 Å². The second kappa shape index (κ2) is 4.70. The standard InChI is InChI=1S/C17H12O3/c18-16-10-14(17(19)20)7-8-15(16)13-6-5-11-3-1-2-4-12(11)9-13/h1-10,18H,(H,19,20). The molecular formula is C17H12O3. The van der Waals surface area contributed by atoms with Crippen molar-refractivity contribution < 1.29 is 15.0 Å². The minimum absolute atomic E-state index is 0.0276. The first-order chi connectivity index (χ1) is 9.65. The first-order valence-corrected chi connectivity index (χ1v) is 6.20. The molecular weight excluding hydrogens is 252 g/mol. The molecule has 0 aliphatic heterocycles. The Morgan fingerprint density at radius 2 is 1.60 bits per heavy atom. The fraction of sp³-hybridized carbons (Fsp3) is 0. The summed E-state index contributed by atoms with van der Waals surface area (Å²) in [4.78, 5) is 10.9. The smallest absolute Gasteiger partial charge is 0.335 e. The van der Waals surface area contributed by atoms with Crippen molar-refractivity contribution in [2.75, 3.05) is 0 Å². The summed E-state index contributed by atoms with van der Waals surface area (Å²) in [6.07, 6.45) is 0. The maximum absolute atomic E-state index is 10.9. The molecule has 0 aromatic heterocycles. The third-order valence-electron chi connectivity index (χ3n) is 3.31. The van der Waals surface area contributed by atoms with Crippen molar-refractivity contribution in [3.8, 4) is 16.9 Å². The second-order valence-corrected chi connectivity index (χ2v) is 4.60. The fourth-order valence-electron chi connectivity index (χ4n) is 2.27. The maximum atomic E-state index is 10.9. The predicted octanol–water partition coefficient (Wildman–Crippen LogP) is 3.91. The molecule has 3 nitrogen and oxygen atoms in total. The average Bonchev–Trinajstić information content (AvgIpc) is 2.46. The van der Waals surface area contributed by atoms with Crippen LogP contribution in [0.3, 0.4) is 0 Å². The van der Waals surface area contributed by atoms with E-state index < -0.39 is 5.97 Å². The van der Waals surface area contributed by atoms with E-state index in [0.717, 1.165) is 16.3 Å². The first kappa shape index (κ1) is 12.2. The summed E-state index contributed by atoms with van der Waals surface area (Å²) in [5.41, 5.74) is 1.56. The van der Waals surface area contributed by atoms with Crippen LogP contribution < -0.4 is 0 Å². The zero-order valence-corrected chi connectivity index (χ0v) is 10.6. The summed E-state index contributed by atoms with van der Waals surface area (Å²) in [6, 6.07) is 18.2. The van der Waals surface area contributed by atoms with Crippen LogP contribution in [0.15, 0.2) is 60.7 Å². The van der Waals surface area contributed by atoms with Crippen molar-refractivity contribution in [1.29, 1.82) is 0 Å². The minimum atomic E-state index is -1.05. The number of benzene rings is 3. The number of hydrogen-bond acceptors (Lipinski definition) is 2. The molecule has 20 heavy (non-hydrogen) atoms. The molecule has 0 aliphatic rings. The van der Waals surface area contributed by atoms with E-state index in [4.69, 9.17) is 5.11 Å². The van der Waals surface area contributed by atoms with Gasteiger partial charge >= 0.3 is 5.97 Å². The average molecular weight is 264 g/mol. The number of aromatic hydroxyl groups is 1. The highest BCUT2D eigenvalue weighted by atomic mass is 16.4. The topological polar surface area (TPSA) is 57.5 Å². The molecule has 0 unspecified atom stereocenters. The van der Waals surface area contributed by atoms with E-state index in [1.54, 1.807) is 6.07 Å². The number of phenols is 1. The van der Waals surface area contributed by atoms with E-state index in [2.05, 4.69) is 0 Å². The Kier molecular flexibility index (Phi) is 2.88. The largest absolute Gasteiger partial charge is 0.507 e. The second-order valence-electron chi connectivity index (χ2n) is 4.60. The molecule has 0 saturated carbocycles. The van der Waals surface area contributed by atoms with Crippen molar-refractivity contribution in [3.63, 3.8) is 0 Å². The third kappa shape index (κ3) is 2.10. The van der Waals surface area contributed by atoms with Gasteiger partial charge < -0.3 is 10.2 Å². The van der Waals surface area contributed by atoms with Gasteiger partial charge in [0.2, 0.25) is 0 Å². The highest BCUT2D eigenvalue weighted by Gasteiger charge is 2.09. The van der Waals surface area contributed by atoms with Crippen LogP contribution in [0.25, 0.3) is 21.9 Å². The van der Waals surface area contributed by atoms with Crippen LogP contribution >= 0.6 is 0 Å². The Morgan fingerprint density at radius 3 is 2.30 bits per heavy atom. The lowest BCUT2D eigenvalue weighted by atomic mass is 9.99. The van der Waals surface area contributed by atoms with Gasteiger partial charge in [-0.3, -0.25) is 0 Å². The summed E-state index contributed by atoms with van der Waals surface area (Å²) < 4.78 is 0. The van der Waals surface area contributed by atoms with Gasteiger partial charge in [0.05, 0.1) is 5.56 Å². The molecule has 0 aliphatic carbocycles. The number of aromatic carboxylic acids is 1. The normalized spacial score (nSPS) is 10.6. The quantitative estimate of drug-likeness (QED) is 0.737. The van der Waals surface area contributed by atoms with Crippen LogP contribution in [0.5, 0.6) is 5.75 Å². The lowest BCUT2D eigenvalue weighted by Gasteiger charge is -2.07. The van der Waals surface area contributed by atoms with Crippen LogP contribution in [0.1, 0.15) is 10.4 Å². The molecule has 3 aromatic rings. The van der Waals surface area contributed by atoms with Gasteiger partial charge in [0, 0.05) is 5.56 Å². The maximum Gasteiger partial charge on any atom is 0.335 e. The number of fused-ring (bicyclic) bond motifs is 1. The van der Waals surface area contributed by atoms with Gasteiger partial charge in [-0.25, -0.2) is 4.79 Å². The van der Waals surface area contributed by atoms with Crippen molar-refractivity contribution in [3.05, 3.63) is 66.2 Å². The summed E-state index contributed by atoms with van der Waals surface area (Å²) in [7, 11) is 0. The predicted molar refractivity (Wildman–Crippen MR) is 78.0 cm³/mol. The number of carbonyl (C=O) groups is 1. The van der Waals surface area contributed by atoms with Crippen molar-refractivity contribution in [1.82, 2.24) is 0 Å². The Bertz CT molecular complexity index is 806. The summed E-state index contributed by atoms with van der Waals surface area (Å²) in [5.74, 6) is -1.08. The highest BCUT2D eigenvalue weighted by molar-refractivity contribution is 5.91. The molecule has 0 amide bonds. The molecule has 3 heteroatoms. The monoisotopic (exact) mass is 264 g/mol. The first-order valence-electron chi connectivity index (χ1n) is 6.20. The van der Waals surface area contributed by atoms with Crippen LogP contribution in [0.2, 0.25) is 0 Å². The number of phenolic OH excluding ortho intramolecular Hbond substituents is 1. The number of carboxylic acids is 1. The molecule has 2 N–H and O–H groups in total. The van der Waals surface area contributed by atoms with Crippen molar-refractivity contribution in [2.24, 2.45) is 0 Å². The van der Waals surface area contributed by atoms with E-state index in [-0.39, 0.29) is 11.3 Å². The van der Waals surface area contributed by atoms with E-state index in [0.29, 0.717) is 5.56 Å². The number of hydrogen-bond donors (Lipinski definition) is 2. The Morgan fingerprint density at radius 1 is 0.850 bits per heavy atom. The molecule has 0 spiro atoms. The van der Waals surface area contributed by atoms with Gasteiger partial charge in [0.1, 0.15) is 5.75 Å². The molecule has 3 aromatic carbocycles. The van der Waals surface area contributed by atoms with Crippen LogP contribution in [-0.4, -0.2) is 16.2 Å². The van der Waals surface area contributed by atoms with Crippen LogP contribution in [0.4, 0.5) is 0 Å². The van der Waals surface area contributed by atoms with Crippen molar-refractivity contribution in [2.45, 2.75) is 0 Å². The molecule has 0 atom stereocenters. The molecule has 0 fully saturated rings. The Hall–Kier alpha value is -2.81. The zero-order valence-electron chi connectivity index (χ0n) is 10.6. The molecule has 0 radical (unpaired) electrons. The van der Waals surface area contributed by atoms with E-state index >= 15 is 0 Å².